The fraction of sp³-hybridized carbons (Fsp3) is 0.179. The number of carbonyl (C=O) groups excluding carboxylic acids is 2. The van der Waals surface area contributed by atoms with E-state index in [9.17, 15) is 9.59 Å². The zero-order chi connectivity index (χ0) is 23.8. The fourth-order valence-corrected chi connectivity index (χ4v) is 3.92. The number of benzene rings is 3. The molecule has 0 bridgehead atoms. The van der Waals surface area contributed by atoms with Crippen LogP contribution < -0.4 is 16.4 Å². The highest BCUT2D eigenvalue weighted by molar-refractivity contribution is 5.90. The van der Waals surface area contributed by atoms with Gasteiger partial charge in [0.2, 0.25) is 11.8 Å². The Morgan fingerprint density at radius 3 is 2.41 bits per heavy atom. The number of hydrogen-bond acceptors (Lipinski definition) is 4. The van der Waals surface area contributed by atoms with Crippen LogP contribution in [-0.2, 0) is 29.0 Å². The van der Waals surface area contributed by atoms with E-state index in [-0.39, 0.29) is 11.8 Å². The lowest BCUT2D eigenvalue weighted by Crippen LogP contribution is -2.48. The Balaban J connectivity index is 1.48. The Hall–Kier alpha value is -4.19. The van der Waals surface area contributed by atoms with E-state index in [1.165, 1.54) is 0 Å². The van der Waals surface area contributed by atoms with Gasteiger partial charge in [-0.3, -0.25) is 9.59 Å². The van der Waals surface area contributed by atoms with E-state index in [4.69, 9.17) is 5.73 Å². The van der Waals surface area contributed by atoms with Gasteiger partial charge in [-0.15, -0.1) is 0 Å². The molecule has 2 amide bonds. The number of nitrogens with two attached hydrogens (primary N) is 1. The molecule has 0 unspecified atom stereocenters. The first-order chi connectivity index (χ1) is 16.6. The van der Waals surface area contributed by atoms with Gasteiger partial charge >= 0.3 is 0 Å². The number of amides is 2. The second-order valence-electron chi connectivity index (χ2n) is 8.26. The highest BCUT2D eigenvalue weighted by Crippen LogP contribution is 2.20. The number of nitrogens with one attached hydrogen (secondary N) is 2. The maximum absolute atomic E-state index is 13.2. The third kappa shape index (κ3) is 6.19. The predicted molar refractivity (Wildman–Crippen MR) is 135 cm³/mol. The second kappa shape index (κ2) is 11.1. The predicted octanol–water partition coefficient (Wildman–Crippen LogP) is 3.79. The van der Waals surface area contributed by atoms with E-state index in [1.807, 2.05) is 78.9 Å². The lowest BCUT2D eigenvalue weighted by molar-refractivity contribution is -0.129. The highest BCUT2D eigenvalue weighted by atomic mass is 16.2. The summed E-state index contributed by atoms with van der Waals surface area (Å²) in [5.74, 6) is 0.0331. The summed E-state index contributed by atoms with van der Waals surface area (Å²) in [7, 11) is 0. The molecule has 0 saturated heterocycles. The van der Waals surface area contributed by atoms with E-state index >= 15 is 0 Å². The molecule has 6 nitrogen and oxygen atoms in total. The first-order valence-corrected chi connectivity index (χ1v) is 11.4. The maximum Gasteiger partial charge on any atom is 0.243 e. The lowest BCUT2D eigenvalue weighted by atomic mass is 9.98. The van der Waals surface area contributed by atoms with Gasteiger partial charge in [0.05, 0.1) is 0 Å². The van der Waals surface area contributed by atoms with Crippen LogP contribution in [0.5, 0.6) is 0 Å². The fourth-order valence-electron chi connectivity index (χ4n) is 3.92. The summed E-state index contributed by atoms with van der Waals surface area (Å²) in [6.45, 7) is 0.304. The molecule has 0 fully saturated rings. The molecule has 4 N–H and O–H groups in total. The van der Waals surface area contributed by atoms with Gasteiger partial charge in [0, 0.05) is 25.6 Å². The van der Waals surface area contributed by atoms with Gasteiger partial charge in [0.25, 0.3) is 0 Å². The number of hydrogen-bond donors (Lipinski definition) is 3. The zero-order valence-corrected chi connectivity index (χ0v) is 18.9. The summed E-state index contributed by atoms with van der Waals surface area (Å²) < 4.78 is 0. The average molecular weight is 453 g/mol. The Bertz CT molecular complexity index is 1250. The van der Waals surface area contributed by atoms with Crippen LogP contribution in [0.15, 0.2) is 91.1 Å². The van der Waals surface area contributed by atoms with Gasteiger partial charge in [-0.1, -0.05) is 78.9 Å². The van der Waals surface area contributed by atoms with Crippen LogP contribution in [0.3, 0.4) is 0 Å². The number of anilines is 1. The monoisotopic (exact) mass is 452 g/mol. The number of rotatable bonds is 9. The summed E-state index contributed by atoms with van der Waals surface area (Å²) in [5, 5.41) is 8.06. The molecular weight excluding hydrogens is 424 g/mol. The van der Waals surface area contributed by atoms with Crippen molar-refractivity contribution in [1.29, 1.82) is 0 Å². The minimum absolute atomic E-state index is 0.154. The molecule has 34 heavy (non-hydrogen) atoms. The molecule has 0 radical (unpaired) electrons. The number of aryl methyl sites for hydroxylation is 1. The van der Waals surface area contributed by atoms with Gasteiger partial charge in [-0.05, 0) is 39.9 Å². The molecule has 3 aromatic carbocycles. The summed E-state index contributed by atoms with van der Waals surface area (Å²) in [6, 6.07) is 26.7. The van der Waals surface area contributed by atoms with Gasteiger partial charge < -0.3 is 16.4 Å². The van der Waals surface area contributed by atoms with Crippen LogP contribution in [0.1, 0.15) is 23.1 Å². The van der Waals surface area contributed by atoms with Crippen LogP contribution in [0, 0.1) is 0 Å². The second-order valence-corrected chi connectivity index (χ2v) is 8.26. The third-order valence-electron chi connectivity index (χ3n) is 5.75. The molecule has 0 saturated carbocycles. The minimum Gasteiger partial charge on any atom is -0.384 e. The van der Waals surface area contributed by atoms with E-state index in [2.05, 4.69) is 15.6 Å². The highest BCUT2D eigenvalue weighted by Gasteiger charge is 2.22. The SMILES string of the molecule is Nc1ccc(CNC(=O)[C@H](Cc2cccc3ccccc23)NC(=O)CCc2ccccc2)cn1. The summed E-state index contributed by atoms with van der Waals surface area (Å²) >= 11 is 0. The van der Waals surface area contributed by atoms with Gasteiger partial charge in [0.15, 0.2) is 0 Å². The first-order valence-electron chi connectivity index (χ1n) is 11.4. The summed E-state index contributed by atoms with van der Waals surface area (Å²) in [4.78, 5) is 30.0. The van der Waals surface area contributed by atoms with Crippen molar-refractivity contribution in [3.63, 3.8) is 0 Å². The van der Waals surface area contributed by atoms with Gasteiger partial charge in [-0.25, -0.2) is 4.98 Å². The third-order valence-corrected chi connectivity index (χ3v) is 5.75. The van der Waals surface area contributed by atoms with Crippen molar-refractivity contribution in [3.8, 4) is 0 Å². The molecule has 1 aromatic heterocycles. The van der Waals surface area contributed by atoms with Gasteiger partial charge in [0.1, 0.15) is 11.9 Å². The molecular formula is C28H28N4O2. The van der Waals surface area contributed by atoms with Crippen LogP contribution in [0.25, 0.3) is 10.8 Å². The number of fused-ring (bicyclic) bond motifs is 1. The van der Waals surface area contributed by atoms with E-state index < -0.39 is 6.04 Å². The number of nitrogen functional groups attached to an aromatic ring is 1. The maximum atomic E-state index is 13.2. The molecule has 172 valence electrons. The Labute approximate surface area is 199 Å². The number of aromatic nitrogens is 1. The molecule has 0 spiro atoms. The van der Waals surface area contributed by atoms with Crippen molar-refractivity contribution in [3.05, 3.63) is 108 Å². The van der Waals surface area contributed by atoms with Crippen LogP contribution in [0.2, 0.25) is 0 Å². The molecule has 0 aliphatic rings. The lowest BCUT2D eigenvalue weighted by Gasteiger charge is -2.20. The smallest absolute Gasteiger partial charge is 0.243 e. The molecule has 6 heteroatoms. The van der Waals surface area contributed by atoms with Crippen molar-refractivity contribution in [2.45, 2.75) is 31.8 Å². The minimum atomic E-state index is -0.698. The van der Waals surface area contributed by atoms with Crippen LogP contribution >= 0.6 is 0 Å². The molecule has 4 aromatic rings. The quantitative estimate of drug-likeness (QED) is 0.360. The van der Waals surface area contributed by atoms with E-state index in [1.54, 1.807) is 12.3 Å². The Kier molecular flexibility index (Phi) is 7.50. The molecule has 0 aliphatic carbocycles. The Morgan fingerprint density at radius 2 is 1.62 bits per heavy atom. The van der Waals surface area contributed by atoms with Gasteiger partial charge in [-0.2, -0.15) is 0 Å². The zero-order valence-electron chi connectivity index (χ0n) is 18.9. The molecule has 1 heterocycles. The summed E-state index contributed by atoms with van der Waals surface area (Å²) in [6.07, 6.45) is 2.95. The van der Waals surface area contributed by atoms with Crippen LogP contribution in [-0.4, -0.2) is 22.8 Å². The number of nitrogens with zero attached hydrogens (tertiary/aromatic N) is 1. The van der Waals surface area contributed by atoms with E-state index in [0.29, 0.717) is 31.6 Å². The average Bonchev–Trinajstić information content (AvgIpc) is 2.87. The van der Waals surface area contributed by atoms with Crippen molar-refractivity contribution >= 4 is 28.4 Å². The first kappa shape index (κ1) is 23.0. The van der Waals surface area contributed by atoms with E-state index in [0.717, 1.165) is 27.5 Å². The van der Waals surface area contributed by atoms with Crippen molar-refractivity contribution in [2.24, 2.45) is 0 Å². The molecule has 1 atom stereocenters. The number of pyridine rings is 1. The van der Waals surface area contributed by atoms with Crippen molar-refractivity contribution < 1.29 is 9.59 Å². The number of carbonyl (C=O) groups is 2. The summed E-state index contributed by atoms with van der Waals surface area (Å²) in [5.41, 5.74) is 8.57. The van der Waals surface area contributed by atoms with Crippen molar-refractivity contribution in [2.75, 3.05) is 5.73 Å². The normalized spacial score (nSPS) is 11.6. The standard InChI is InChI=1S/C28H28N4O2/c29-26-15-13-21(18-30-26)19-31-28(34)25(32-27(33)16-14-20-7-2-1-3-8-20)17-23-11-6-10-22-9-4-5-12-24(22)23/h1-13,15,18,25H,14,16-17,19H2,(H2,29,30)(H,31,34)(H,32,33)/t25-/m0/s1. The van der Waals surface area contributed by atoms with Crippen LogP contribution in [0.4, 0.5) is 5.82 Å². The largest absolute Gasteiger partial charge is 0.384 e. The Morgan fingerprint density at radius 1 is 0.853 bits per heavy atom. The molecule has 0 aliphatic heterocycles. The topological polar surface area (TPSA) is 97.1 Å². The van der Waals surface area contributed by atoms with Crippen molar-refractivity contribution in [1.82, 2.24) is 15.6 Å². The molecule has 4 rings (SSSR count).